The van der Waals surface area contributed by atoms with Crippen molar-refractivity contribution in [3.8, 4) is 0 Å². The SMILES string of the molecule is Cc1ccccc1/C=C1/C=CC=CC1. The second-order valence-corrected chi connectivity index (χ2v) is 3.57. The lowest BCUT2D eigenvalue weighted by atomic mass is 10.0. The van der Waals surface area contributed by atoms with Crippen LogP contribution in [0.25, 0.3) is 6.08 Å². The van der Waals surface area contributed by atoms with Gasteiger partial charge in [0, 0.05) is 0 Å². The van der Waals surface area contributed by atoms with Crippen molar-refractivity contribution in [3.63, 3.8) is 0 Å². The summed E-state index contributed by atoms with van der Waals surface area (Å²) >= 11 is 0. The topological polar surface area (TPSA) is 0 Å². The van der Waals surface area contributed by atoms with E-state index in [1.54, 1.807) is 0 Å². The Bertz CT molecular complexity index is 406. The first-order valence-corrected chi connectivity index (χ1v) is 4.96. The van der Waals surface area contributed by atoms with Crippen LogP contribution in [0.2, 0.25) is 0 Å². The standard InChI is InChI=1S/C14H14/c1-12-7-5-6-10-14(12)11-13-8-3-2-4-9-13/h2-8,10-11H,9H2,1H3/b13-11-. The van der Waals surface area contributed by atoms with Crippen LogP contribution < -0.4 is 0 Å². The fourth-order valence-corrected chi connectivity index (χ4v) is 1.59. The van der Waals surface area contributed by atoms with Crippen molar-refractivity contribution in [2.75, 3.05) is 0 Å². The van der Waals surface area contributed by atoms with Gasteiger partial charge in [0.05, 0.1) is 0 Å². The first-order chi connectivity index (χ1) is 6.86. The van der Waals surface area contributed by atoms with Crippen LogP contribution in [0.15, 0.2) is 54.1 Å². The molecule has 0 aliphatic heterocycles. The van der Waals surface area contributed by atoms with Gasteiger partial charge in [0.25, 0.3) is 0 Å². The second kappa shape index (κ2) is 4.10. The minimum Gasteiger partial charge on any atom is -0.0801 e. The molecule has 0 bridgehead atoms. The summed E-state index contributed by atoms with van der Waals surface area (Å²) in [5.74, 6) is 0. The summed E-state index contributed by atoms with van der Waals surface area (Å²) in [4.78, 5) is 0. The lowest BCUT2D eigenvalue weighted by Crippen LogP contribution is -1.84. The summed E-state index contributed by atoms with van der Waals surface area (Å²) in [5.41, 5.74) is 4.03. The Labute approximate surface area is 85.3 Å². The van der Waals surface area contributed by atoms with Gasteiger partial charge in [-0.05, 0) is 30.0 Å². The molecule has 0 amide bonds. The molecule has 0 N–H and O–H groups in total. The molecular formula is C14H14. The minimum absolute atomic E-state index is 1.05. The Balaban J connectivity index is 2.29. The van der Waals surface area contributed by atoms with E-state index in [9.17, 15) is 0 Å². The van der Waals surface area contributed by atoms with E-state index < -0.39 is 0 Å². The van der Waals surface area contributed by atoms with E-state index in [2.05, 4.69) is 61.6 Å². The molecule has 70 valence electrons. The first-order valence-electron chi connectivity index (χ1n) is 4.96. The molecule has 0 nitrogen and oxygen atoms in total. The molecular weight excluding hydrogens is 168 g/mol. The normalized spacial score (nSPS) is 17.6. The van der Waals surface area contributed by atoms with Gasteiger partial charge in [-0.15, -0.1) is 0 Å². The highest BCUT2D eigenvalue weighted by Gasteiger charge is 1.96. The zero-order valence-electron chi connectivity index (χ0n) is 8.40. The zero-order valence-corrected chi connectivity index (χ0v) is 8.40. The average molecular weight is 182 g/mol. The quantitative estimate of drug-likeness (QED) is 0.618. The van der Waals surface area contributed by atoms with E-state index in [0.717, 1.165) is 6.42 Å². The van der Waals surface area contributed by atoms with E-state index in [1.807, 2.05) is 0 Å². The molecule has 0 aromatic heterocycles. The summed E-state index contributed by atoms with van der Waals surface area (Å²) in [7, 11) is 0. The van der Waals surface area contributed by atoms with Gasteiger partial charge in [-0.3, -0.25) is 0 Å². The van der Waals surface area contributed by atoms with E-state index in [-0.39, 0.29) is 0 Å². The van der Waals surface area contributed by atoms with Crippen LogP contribution in [-0.2, 0) is 0 Å². The molecule has 1 aromatic rings. The molecule has 0 heteroatoms. The summed E-state index contributed by atoms with van der Waals surface area (Å²) in [6.45, 7) is 2.15. The van der Waals surface area contributed by atoms with Gasteiger partial charge in [0.2, 0.25) is 0 Å². The summed E-state index contributed by atoms with van der Waals surface area (Å²) in [6, 6.07) is 8.47. The van der Waals surface area contributed by atoms with Crippen molar-refractivity contribution in [3.05, 3.63) is 65.3 Å². The van der Waals surface area contributed by atoms with Crippen LogP contribution in [0, 0.1) is 6.92 Å². The smallest absolute Gasteiger partial charge is 0.00941 e. The lowest BCUT2D eigenvalue weighted by Gasteiger charge is -2.04. The number of rotatable bonds is 1. The molecule has 1 aromatic carbocycles. The second-order valence-electron chi connectivity index (χ2n) is 3.57. The molecule has 1 aliphatic carbocycles. The average Bonchev–Trinajstić information content (AvgIpc) is 2.23. The van der Waals surface area contributed by atoms with Crippen LogP contribution in [0.5, 0.6) is 0 Å². The molecule has 14 heavy (non-hydrogen) atoms. The molecule has 0 saturated heterocycles. The summed E-state index contributed by atoms with van der Waals surface area (Å²) in [6.07, 6.45) is 11.8. The highest BCUT2D eigenvalue weighted by atomic mass is 14.0. The number of hydrogen-bond acceptors (Lipinski definition) is 0. The molecule has 0 radical (unpaired) electrons. The third-order valence-corrected chi connectivity index (χ3v) is 2.44. The van der Waals surface area contributed by atoms with Gasteiger partial charge in [0.15, 0.2) is 0 Å². The number of benzene rings is 1. The number of aryl methyl sites for hydroxylation is 1. The van der Waals surface area contributed by atoms with Crippen molar-refractivity contribution in [1.29, 1.82) is 0 Å². The van der Waals surface area contributed by atoms with Crippen LogP contribution in [0.3, 0.4) is 0 Å². The fraction of sp³-hybridized carbons (Fsp3) is 0.143. The largest absolute Gasteiger partial charge is 0.0801 e. The Morgan fingerprint density at radius 2 is 2.00 bits per heavy atom. The van der Waals surface area contributed by atoms with Crippen molar-refractivity contribution in [1.82, 2.24) is 0 Å². The maximum absolute atomic E-state index is 2.26. The van der Waals surface area contributed by atoms with Crippen molar-refractivity contribution in [2.24, 2.45) is 0 Å². The van der Waals surface area contributed by atoms with E-state index in [0.29, 0.717) is 0 Å². The van der Waals surface area contributed by atoms with Gasteiger partial charge in [-0.25, -0.2) is 0 Å². The van der Waals surface area contributed by atoms with Gasteiger partial charge in [0.1, 0.15) is 0 Å². The summed E-state index contributed by atoms with van der Waals surface area (Å²) in [5, 5.41) is 0. The Hall–Kier alpha value is -1.56. The highest BCUT2D eigenvalue weighted by molar-refractivity contribution is 5.60. The Morgan fingerprint density at radius 1 is 1.14 bits per heavy atom. The maximum Gasteiger partial charge on any atom is -0.00941 e. The molecule has 2 rings (SSSR count). The van der Waals surface area contributed by atoms with Gasteiger partial charge >= 0.3 is 0 Å². The predicted molar refractivity (Wildman–Crippen MR) is 62.1 cm³/mol. The third kappa shape index (κ3) is 2.02. The number of hydrogen-bond donors (Lipinski definition) is 0. The maximum atomic E-state index is 2.26. The highest BCUT2D eigenvalue weighted by Crippen LogP contribution is 2.17. The minimum atomic E-state index is 1.05. The van der Waals surface area contributed by atoms with Crippen molar-refractivity contribution in [2.45, 2.75) is 13.3 Å². The van der Waals surface area contributed by atoms with Crippen molar-refractivity contribution >= 4 is 6.08 Å². The van der Waals surface area contributed by atoms with E-state index >= 15 is 0 Å². The zero-order chi connectivity index (χ0) is 9.80. The molecule has 0 spiro atoms. The van der Waals surface area contributed by atoms with Crippen LogP contribution in [-0.4, -0.2) is 0 Å². The van der Waals surface area contributed by atoms with Crippen molar-refractivity contribution < 1.29 is 0 Å². The van der Waals surface area contributed by atoms with Gasteiger partial charge in [-0.1, -0.05) is 54.6 Å². The van der Waals surface area contributed by atoms with E-state index in [1.165, 1.54) is 16.7 Å². The van der Waals surface area contributed by atoms with Crippen LogP contribution >= 0.6 is 0 Å². The molecule has 0 unspecified atom stereocenters. The summed E-state index contributed by atoms with van der Waals surface area (Å²) < 4.78 is 0. The van der Waals surface area contributed by atoms with Gasteiger partial charge < -0.3 is 0 Å². The van der Waals surface area contributed by atoms with Crippen LogP contribution in [0.4, 0.5) is 0 Å². The predicted octanol–water partition coefficient (Wildman–Crippen LogP) is 3.89. The van der Waals surface area contributed by atoms with E-state index in [4.69, 9.17) is 0 Å². The molecule has 1 aliphatic rings. The Morgan fingerprint density at radius 3 is 2.71 bits per heavy atom. The molecule has 0 fully saturated rings. The molecule has 0 heterocycles. The first kappa shape index (κ1) is 9.01. The van der Waals surface area contributed by atoms with Gasteiger partial charge in [-0.2, -0.15) is 0 Å². The third-order valence-electron chi connectivity index (χ3n) is 2.44. The monoisotopic (exact) mass is 182 g/mol. The Kier molecular flexibility index (Phi) is 2.64. The molecule has 0 saturated carbocycles. The fourth-order valence-electron chi connectivity index (χ4n) is 1.59. The lowest BCUT2D eigenvalue weighted by molar-refractivity contribution is 1.28. The molecule has 0 atom stereocenters. The van der Waals surface area contributed by atoms with Crippen LogP contribution in [0.1, 0.15) is 17.5 Å². The number of allylic oxidation sites excluding steroid dienone is 5.